The number of nitrogens with two attached hydrogens (primary N) is 1. The maximum absolute atomic E-state index is 5.77. The van der Waals surface area contributed by atoms with E-state index in [0.29, 0.717) is 38.1 Å². The van der Waals surface area contributed by atoms with Crippen molar-refractivity contribution in [3.63, 3.8) is 0 Å². The maximum atomic E-state index is 5.77. The lowest BCUT2D eigenvalue weighted by Crippen LogP contribution is -2.32. The van der Waals surface area contributed by atoms with Gasteiger partial charge in [0, 0.05) is 18.8 Å². The molecule has 0 aliphatic rings. The van der Waals surface area contributed by atoms with Gasteiger partial charge in [-0.05, 0) is 24.6 Å². The third-order valence-corrected chi connectivity index (χ3v) is 3.15. The highest BCUT2D eigenvalue weighted by Crippen LogP contribution is 2.10. The molecule has 0 unspecified atom stereocenters. The summed E-state index contributed by atoms with van der Waals surface area (Å²) in [5.41, 5.74) is 7.72. The van der Waals surface area contributed by atoms with E-state index in [4.69, 9.17) is 15.2 Å². The molecule has 0 bridgehead atoms. The topological polar surface area (TPSA) is 81.8 Å². The molecule has 26 heavy (non-hydrogen) atoms. The van der Waals surface area contributed by atoms with E-state index in [9.17, 15) is 0 Å². The fourth-order valence-corrected chi connectivity index (χ4v) is 1.89. The first kappa shape index (κ1) is 21.8. The smallest absolute Gasteiger partial charge is 0.213 e. The molecule has 0 amide bonds. The van der Waals surface area contributed by atoms with Gasteiger partial charge in [0.25, 0.3) is 0 Å². The number of guanidine groups is 1. The molecule has 7 heteroatoms. The first-order valence-corrected chi connectivity index (χ1v) is 8.07. The van der Waals surface area contributed by atoms with Gasteiger partial charge >= 0.3 is 0 Å². The quantitative estimate of drug-likeness (QED) is 0.194. The minimum Gasteiger partial charge on any atom is -0.490 e. The fourth-order valence-electron chi connectivity index (χ4n) is 1.89. The van der Waals surface area contributed by atoms with Crippen molar-refractivity contribution in [3.8, 4) is 11.6 Å². The Balaban J connectivity index is 0.00000338. The van der Waals surface area contributed by atoms with Gasteiger partial charge in [0.15, 0.2) is 5.96 Å². The van der Waals surface area contributed by atoms with E-state index in [-0.39, 0.29) is 24.0 Å². The number of nitrogens with one attached hydrogen (secondary N) is 1. The zero-order valence-electron chi connectivity index (χ0n) is 14.9. The van der Waals surface area contributed by atoms with E-state index in [1.807, 2.05) is 49.4 Å². The van der Waals surface area contributed by atoms with Gasteiger partial charge in [0.05, 0.1) is 6.54 Å². The summed E-state index contributed by atoms with van der Waals surface area (Å²) in [5, 5.41) is 2.98. The molecular weight excluding hydrogens is 443 g/mol. The van der Waals surface area contributed by atoms with Crippen LogP contribution in [0.25, 0.3) is 0 Å². The number of halogens is 1. The van der Waals surface area contributed by atoms with Gasteiger partial charge in [-0.2, -0.15) is 0 Å². The largest absolute Gasteiger partial charge is 0.490 e. The Hall–Kier alpha value is -2.29. The minimum absolute atomic E-state index is 0. The molecule has 1 heterocycles. The van der Waals surface area contributed by atoms with E-state index < -0.39 is 0 Å². The molecule has 0 atom stereocenters. The normalized spacial score (nSPS) is 10.6. The molecule has 6 nitrogen and oxygen atoms in total. The van der Waals surface area contributed by atoms with Crippen LogP contribution >= 0.6 is 24.0 Å². The van der Waals surface area contributed by atoms with Crippen LogP contribution in [0.1, 0.15) is 12.5 Å². The van der Waals surface area contributed by atoms with Gasteiger partial charge < -0.3 is 20.5 Å². The van der Waals surface area contributed by atoms with Crippen molar-refractivity contribution < 1.29 is 9.47 Å². The standard InChI is InChI=1S/C19H24N4O2.HI/c1-15(2)12-22-19(20)23-14-16-8-9-18(21-13-16)25-11-10-24-17-6-4-3-5-7-17;/h3-9,13H,1,10-12,14H2,2H3,(H3,20,22,23);1H. The molecule has 2 aromatic rings. The highest BCUT2D eigenvalue weighted by atomic mass is 127. The van der Waals surface area contributed by atoms with E-state index in [1.165, 1.54) is 0 Å². The first-order valence-electron chi connectivity index (χ1n) is 8.07. The molecule has 0 aliphatic carbocycles. The zero-order chi connectivity index (χ0) is 17.9. The predicted octanol–water partition coefficient (Wildman–Crippen LogP) is 3.14. The Bertz CT molecular complexity index is 690. The SMILES string of the molecule is C=C(C)CNC(N)=NCc1ccc(OCCOc2ccccc2)nc1.I. The third-order valence-electron chi connectivity index (χ3n) is 3.15. The number of ether oxygens (including phenoxy) is 2. The van der Waals surface area contributed by atoms with E-state index >= 15 is 0 Å². The molecule has 140 valence electrons. The Morgan fingerprint density at radius 3 is 2.54 bits per heavy atom. The van der Waals surface area contributed by atoms with Crippen LogP contribution in [0.5, 0.6) is 11.6 Å². The summed E-state index contributed by atoms with van der Waals surface area (Å²) in [5.74, 6) is 1.77. The lowest BCUT2D eigenvalue weighted by Gasteiger charge is -2.08. The Kier molecular flexibility index (Phi) is 10.1. The molecule has 0 saturated carbocycles. The van der Waals surface area contributed by atoms with E-state index in [0.717, 1.165) is 16.9 Å². The molecule has 0 saturated heterocycles. The van der Waals surface area contributed by atoms with Crippen molar-refractivity contribution in [2.75, 3.05) is 19.8 Å². The van der Waals surface area contributed by atoms with Gasteiger partial charge in [-0.25, -0.2) is 9.98 Å². The van der Waals surface area contributed by atoms with Crippen molar-refractivity contribution >= 4 is 29.9 Å². The number of benzene rings is 1. The third kappa shape index (κ3) is 8.70. The molecule has 0 aliphatic heterocycles. The number of rotatable bonds is 9. The van der Waals surface area contributed by atoms with Crippen LogP contribution in [0.15, 0.2) is 65.8 Å². The first-order chi connectivity index (χ1) is 12.1. The molecule has 1 aromatic heterocycles. The van der Waals surface area contributed by atoms with E-state index in [1.54, 1.807) is 6.20 Å². The summed E-state index contributed by atoms with van der Waals surface area (Å²) < 4.78 is 11.1. The van der Waals surface area contributed by atoms with Crippen molar-refractivity contribution in [1.82, 2.24) is 10.3 Å². The second-order valence-electron chi connectivity index (χ2n) is 5.53. The molecular formula is C19H25IN4O2. The minimum atomic E-state index is 0. The molecule has 2 rings (SSSR count). The number of aromatic nitrogens is 1. The number of para-hydroxylation sites is 1. The summed E-state index contributed by atoms with van der Waals surface area (Å²) in [4.78, 5) is 8.50. The lowest BCUT2D eigenvalue weighted by atomic mass is 10.3. The van der Waals surface area contributed by atoms with Crippen LogP contribution in [0.4, 0.5) is 0 Å². The van der Waals surface area contributed by atoms with Gasteiger partial charge in [-0.15, -0.1) is 24.0 Å². The van der Waals surface area contributed by atoms with Gasteiger partial charge in [0.1, 0.15) is 19.0 Å². The highest BCUT2D eigenvalue weighted by Gasteiger charge is 1.99. The fraction of sp³-hybridized carbons (Fsp3) is 0.263. The summed E-state index contributed by atoms with van der Waals surface area (Å²) >= 11 is 0. The van der Waals surface area contributed by atoms with Crippen molar-refractivity contribution in [2.45, 2.75) is 13.5 Å². The zero-order valence-corrected chi connectivity index (χ0v) is 17.2. The maximum Gasteiger partial charge on any atom is 0.213 e. The second-order valence-corrected chi connectivity index (χ2v) is 5.53. The van der Waals surface area contributed by atoms with Gasteiger partial charge in [0.2, 0.25) is 5.88 Å². The molecule has 0 radical (unpaired) electrons. The Labute approximate surface area is 171 Å². The lowest BCUT2D eigenvalue weighted by molar-refractivity contribution is 0.212. The second kappa shape index (κ2) is 12.1. The number of nitrogens with zero attached hydrogens (tertiary/aromatic N) is 2. The average molecular weight is 468 g/mol. The number of hydrogen-bond donors (Lipinski definition) is 2. The monoisotopic (exact) mass is 468 g/mol. The highest BCUT2D eigenvalue weighted by molar-refractivity contribution is 14.0. The summed E-state index contributed by atoms with van der Waals surface area (Å²) in [7, 11) is 0. The van der Waals surface area contributed by atoms with Gasteiger partial charge in [-0.1, -0.05) is 36.4 Å². The predicted molar refractivity (Wildman–Crippen MR) is 115 cm³/mol. The van der Waals surface area contributed by atoms with Crippen LogP contribution in [-0.4, -0.2) is 30.7 Å². The van der Waals surface area contributed by atoms with Crippen LogP contribution in [-0.2, 0) is 6.54 Å². The van der Waals surface area contributed by atoms with E-state index in [2.05, 4.69) is 21.9 Å². The molecule has 0 fully saturated rings. The van der Waals surface area contributed by atoms with Crippen molar-refractivity contribution in [1.29, 1.82) is 0 Å². The molecule has 1 aromatic carbocycles. The molecule has 0 spiro atoms. The summed E-state index contributed by atoms with van der Waals surface area (Å²) in [6, 6.07) is 13.3. The summed E-state index contributed by atoms with van der Waals surface area (Å²) in [6.45, 7) is 7.68. The molecule has 3 N–H and O–H groups in total. The van der Waals surface area contributed by atoms with Crippen LogP contribution in [0.2, 0.25) is 0 Å². The number of hydrogen-bond acceptors (Lipinski definition) is 4. The average Bonchev–Trinajstić information content (AvgIpc) is 2.63. The summed E-state index contributed by atoms with van der Waals surface area (Å²) in [6.07, 6.45) is 1.73. The van der Waals surface area contributed by atoms with Crippen molar-refractivity contribution in [2.24, 2.45) is 10.7 Å². The van der Waals surface area contributed by atoms with Crippen LogP contribution in [0.3, 0.4) is 0 Å². The number of aliphatic imine (C=N–C) groups is 1. The Morgan fingerprint density at radius 1 is 1.15 bits per heavy atom. The van der Waals surface area contributed by atoms with Crippen LogP contribution < -0.4 is 20.5 Å². The van der Waals surface area contributed by atoms with Crippen molar-refractivity contribution in [3.05, 3.63) is 66.4 Å². The Morgan fingerprint density at radius 2 is 1.88 bits per heavy atom. The number of pyridine rings is 1. The van der Waals surface area contributed by atoms with Crippen LogP contribution in [0, 0.1) is 0 Å². The van der Waals surface area contributed by atoms with Gasteiger partial charge in [-0.3, -0.25) is 0 Å².